The molecule has 5 rings (SSSR count). The van der Waals surface area contributed by atoms with E-state index in [-0.39, 0.29) is 33.8 Å². The van der Waals surface area contributed by atoms with Gasteiger partial charge < -0.3 is 28.4 Å². The molecule has 0 saturated heterocycles. The summed E-state index contributed by atoms with van der Waals surface area (Å²) in [5.41, 5.74) is 0.875. The average Bonchev–Trinajstić information content (AvgIpc) is 3.37. The van der Waals surface area contributed by atoms with Crippen molar-refractivity contribution >= 4 is 39.8 Å². The standard InChI is InChI=1S/C58H69BrO10/c1-3-5-7-9-11-13-15-17-19-21-41-64-48-31-35-50(36-32-48)66-55(60)44-23-25-46(26-24-44)57(62)68-52-39-40-53(59)54(43-52)69-58(63)47-29-27-45(28-30-47)56(61)67-51-37-33-49(34-38-51)65-42-22-20-18-16-14-12-10-8-6-4-2/h23-40,43H,3-22,41-42H2,1-2H3. The number of ether oxygens (including phenoxy) is 6. The van der Waals surface area contributed by atoms with Crippen LogP contribution in [0.3, 0.4) is 0 Å². The first-order valence-electron chi connectivity index (χ1n) is 25.1. The summed E-state index contributed by atoms with van der Waals surface area (Å²) >= 11 is 3.38. The third kappa shape index (κ3) is 20.3. The molecule has 11 heteroatoms. The number of unbranched alkanes of at least 4 members (excludes halogenated alkanes) is 18. The molecule has 0 heterocycles. The SMILES string of the molecule is CCCCCCCCCCCCOc1ccc(OC(=O)c2ccc(C(=O)Oc3ccc(Br)c(OC(=O)c4ccc(C(=O)Oc5ccc(OCCCCCCCCCCCC)cc5)cc4)c3)cc2)cc1. The summed E-state index contributed by atoms with van der Waals surface area (Å²) in [4.78, 5) is 51.9. The van der Waals surface area contributed by atoms with Gasteiger partial charge in [0.25, 0.3) is 0 Å². The summed E-state index contributed by atoms with van der Waals surface area (Å²) in [5, 5.41) is 0. The minimum absolute atomic E-state index is 0.108. The predicted molar refractivity (Wildman–Crippen MR) is 274 cm³/mol. The van der Waals surface area contributed by atoms with Gasteiger partial charge in [-0.15, -0.1) is 0 Å². The van der Waals surface area contributed by atoms with E-state index in [0.29, 0.717) is 40.7 Å². The molecule has 0 atom stereocenters. The lowest BCUT2D eigenvalue weighted by Crippen LogP contribution is -2.12. The molecule has 0 aromatic heterocycles. The lowest BCUT2D eigenvalue weighted by molar-refractivity contribution is 0.0713. The third-order valence-corrected chi connectivity index (χ3v) is 12.3. The second-order valence-electron chi connectivity index (χ2n) is 17.3. The zero-order valence-electron chi connectivity index (χ0n) is 40.5. The van der Waals surface area contributed by atoms with Gasteiger partial charge in [0.1, 0.15) is 34.5 Å². The van der Waals surface area contributed by atoms with Crippen molar-refractivity contribution in [2.45, 2.75) is 142 Å². The van der Waals surface area contributed by atoms with Gasteiger partial charge in [0.2, 0.25) is 0 Å². The predicted octanol–water partition coefficient (Wildman–Crippen LogP) is 15.9. The van der Waals surface area contributed by atoms with Crippen molar-refractivity contribution in [2.75, 3.05) is 13.2 Å². The van der Waals surface area contributed by atoms with Gasteiger partial charge in [-0.2, -0.15) is 0 Å². The minimum Gasteiger partial charge on any atom is -0.494 e. The number of rotatable bonds is 32. The molecular weight excluding hydrogens is 937 g/mol. The topological polar surface area (TPSA) is 124 Å². The Balaban J connectivity index is 0.995. The van der Waals surface area contributed by atoms with Crippen LogP contribution in [-0.2, 0) is 0 Å². The molecular formula is C58H69BrO10. The van der Waals surface area contributed by atoms with Gasteiger partial charge in [-0.3, -0.25) is 0 Å². The van der Waals surface area contributed by atoms with Gasteiger partial charge in [-0.05, 0) is 138 Å². The van der Waals surface area contributed by atoms with E-state index in [4.69, 9.17) is 28.4 Å². The molecule has 0 aliphatic heterocycles. The number of benzene rings is 5. The molecule has 0 N–H and O–H groups in total. The first kappa shape index (κ1) is 54.0. The zero-order valence-corrected chi connectivity index (χ0v) is 42.1. The first-order chi connectivity index (χ1) is 33.7. The van der Waals surface area contributed by atoms with Crippen LogP contribution in [0.4, 0.5) is 0 Å². The molecule has 0 radical (unpaired) electrons. The van der Waals surface area contributed by atoms with Crippen molar-refractivity contribution in [3.63, 3.8) is 0 Å². The van der Waals surface area contributed by atoms with Gasteiger partial charge in [0.05, 0.1) is 39.9 Å². The van der Waals surface area contributed by atoms with Gasteiger partial charge in [0.15, 0.2) is 0 Å². The molecule has 5 aromatic rings. The number of hydrogen-bond acceptors (Lipinski definition) is 10. The van der Waals surface area contributed by atoms with Gasteiger partial charge in [-0.25, -0.2) is 19.2 Å². The minimum atomic E-state index is -0.696. The summed E-state index contributed by atoms with van der Waals surface area (Å²) in [6.07, 6.45) is 25.3. The fourth-order valence-corrected chi connectivity index (χ4v) is 7.86. The number of carbonyl (C=O) groups excluding carboxylic acids is 4. The molecule has 0 saturated carbocycles. The van der Waals surface area contributed by atoms with E-state index < -0.39 is 23.9 Å². The highest BCUT2D eigenvalue weighted by Gasteiger charge is 2.17. The van der Waals surface area contributed by atoms with E-state index in [2.05, 4.69) is 29.8 Å². The highest BCUT2D eigenvalue weighted by molar-refractivity contribution is 9.10. The number of esters is 4. The molecule has 0 bridgehead atoms. The Labute approximate surface area is 417 Å². The normalized spacial score (nSPS) is 10.9. The van der Waals surface area contributed by atoms with Crippen LogP contribution >= 0.6 is 15.9 Å². The molecule has 0 fully saturated rings. The number of carbonyl (C=O) groups is 4. The summed E-state index contributed by atoms with van der Waals surface area (Å²) in [5.74, 6) is -0.138. The molecule has 0 aliphatic rings. The van der Waals surface area contributed by atoms with Crippen LogP contribution in [0, 0.1) is 0 Å². The van der Waals surface area contributed by atoms with Gasteiger partial charge in [0, 0.05) is 6.07 Å². The fraction of sp³-hybridized carbons (Fsp3) is 0.414. The van der Waals surface area contributed by atoms with Crippen LogP contribution in [-0.4, -0.2) is 37.1 Å². The van der Waals surface area contributed by atoms with Crippen molar-refractivity contribution < 1.29 is 47.6 Å². The summed E-state index contributed by atoms with van der Waals surface area (Å²) < 4.78 is 34.5. The van der Waals surface area contributed by atoms with E-state index in [9.17, 15) is 19.2 Å². The molecule has 0 unspecified atom stereocenters. The van der Waals surface area contributed by atoms with Crippen molar-refractivity contribution in [2.24, 2.45) is 0 Å². The summed E-state index contributed by atoms with van der Waals surface area (Å²) in [7, 11) is 0. The average molecular weight is 1010 g/mol. The van der Waals surface area contributed by atoms with Crippen LogP contribution in [0.2, 0.25) is 0 Å². The van der Waals surface area contributed by atoms with Crippen LogP contribution in [0.1, 0.15) is 184 Å². The van der Waals surface area contributed by atoms with Crippen molar-refractivity contribution in [3.05, 3.63) is 142 Å². The zero-order chi connectivity index (χ0) is 48.9. The molecule has 0 spiro atoms. The molecule has 368 valence electrons. The lowest BCUT2D eigenvalue weighted by atomic mass is 10.1. The molecule has 0 amide bonds. The highest BCUT2D eigenvalue weighted by Crippen LogP contribution is 2.31. The first-order valence-corrected chi connectivity index (χ1v) is 25.9. The Morgan fingerprint density at radius 3 is 0.957 bits per heavy atom. The van der Waals surface area contributed by atoms with E-state index in [1.807, 2.05) is 0 Å². The number of hydrogen-bond donors (Lipinski definition) is 0. The van der Waals surface area contributed by atoms with Crippen molar-refractivity contribution in [1.82, 2.24) is 0 Å². The molecule has 0 aliphatic carbocycles. The Bertz CT molecular complexity index is 2290. The van der Waals surface area contributed by atoms with E-state index in [1.54, 1.807) is 60.7 Å². The molecule has 5 aromatic carbocycles. The Kier molecular flexibility index (Phi) is 24.5. The quantitative estimate of drug-likeness (QED) is 0.0234. The summed E-state index contributed by atoms with van der Waals surface area (Å²) in [6.45, 7) is 5.78. The largest absolute Gasteiger partial charge is 0.494 e. The van der Waals surface area contributed by atoms with Crippen LogP contribution < -0.4 is 28.4 Å². The van der Waals surface area contributed by atoms with E-state index in [0.717, 1.165) is 25.7 Å². The lowest BCUT2D eigenvalue weighted by Gasteiger charge is -2.10. The van der Waals surface area contributed by atoms with Crippen LogP contribution in [0.5, 0.6) is 34.5 Å². The monoisotopic (exact) mass is 1000 g/mol. The number of halogens is 1. The molecule has 10 nitrogen and oxygen atoms in total. The molecule has 69 heavy (non-hydrogen) atoms. The Morgan fingerprint density at radius 2 is 0.609 bits per heavy atom. The second kappa shape index (κ2) is 31.2. The van der Waals surface area contributed by atoms with Crippen molar-refractivity contribution in [3.8, 4) is 34.5 Å². The third-order valence-electron chi connectivity index (χ3n) is 11.6. The van der Waals surface area contributed by atoms with Crippen LogP contribution in [0.25, 0.3) is 0 Å². The summed E-state index contributed by atoms with van der Waals surface area (Å²) in [6, 6.07) is 30.2. The van der Waals surface area contributed by atoms with E-state index in [1.165, 1.54) is 157 Å². The highest BCUT2D eigenvalue weighted by atomic mass is 79.9. The Morgan fingerprint density at radius 1 is 0.333 bits per heavy atom. The maximum Gasteiger partial charge on any atom is 0.343 e. The van der Waals surface area contributed by atoms with Crippen LogP contribution in [0.15, 0.2) is 120 Å². The Hall–Kier alpha value is -5.94. The van der Waals surface area contributed by atoms with Gasteiger partial charge in [-0.1, -0.05) is 129 Å². The van der Waals surface area contributed by atoms with Crippen molar-refractivity contribution in [1.29, 1.82) is 0 Å². The van der Waals surface area contributed by atoms with E-state index >= 15 is 0 Å². The fourth-order valence-electron chi connectivity index (χ4n) is 7.53. The smallest absolute Gasteiger partial charge is 0.343 e. The second-order valence-corrected chi connectivity index (χ2v) is 18.2. The maximum atomic E-state index is 13.1. The van der Waals surface area contributed by atoms with Gasteiger partial charge >= 0.3 is 23.9 Å². The maximum absolute atomic E-state index is 13.1.